The lowest BCUT2D eigenvalue weighted by molar-refractivity contribution is -0.167. The first-order valence-corrected chi connectivity index (χ1v) is 6.89. The maximum absolute atomic E-state index is 12.4. The average Bonchev–Trinajstić information content (AvgIpc) is 2.48. The highest BCUT2D eigenvalue weighted by molar-refractivity contribution is 6.05. The van der Waals surface area contributed by atoms with E-state index < -0.39 is 12.1 Å². The number of nitrogens with one attached hydrogen (secondary N) is 1. The van der Waals surface area contributed by atoms with Crippen molar-refractivity contribution in [3.63, 3.8) is 0 Å². The summed E-state index contributed by atoms with van der Waals surface area (Å²) in [5, 5.41) is 3.06. The number of amides is 1. The third-order valence-corrected chi connectivity index (χ3v) is 3.29. The second-order valence-corrected chi connectivity index (χ2v) is 4.95. The number of alkyl halides is 3. The Kier molecular flexibility index (Phi) is 4.59. The molecule has 1 unspecified atom stereocenters. The maximum Gasteiger partial charge on any atom is 0.471 e. The minimum absolute atomic E-state index is 0.0148. The second-order valence-electron chi connectivity index (χ2n) is 4.95. The first-order valence-electron chi connectivity index (χ1n) is 6.89. The molecular weight excluding hydrogens is 295 g/mol. The van der Waals surface area contributed by atoms with Crippen LogP contribution in [0.15, 0.2) is 36.4 Å². The van der Waals surface area contributed by atoms with Gasteiger partial charge in [0.15, 0.2) is 0 Å². The zero-order valence-corrected chi connectivity index (χ0v) is 12.2. The van der Waals surface area contributed by atoms with E-state index in [-0.39, 0.29) is 11.8 Å². The first-order chi connectivity index (χ1) is 10.3. The Morgan fingerprint density at radius 1 is 1.18 bits per heavy atom. The third kappa shape index (κ3) is 3.50. The van der Waals surface area contributed by atoms with E-state index in [2.05, 4.69) is 0 Å². The molecule has 2 aromatic rings. The fourth-order valence-electron chi connectivity index (χ4n) is 1.98. The van der Waals surface area contributed by atoms with Crippen LogP contribution in [0.4, 0.5) is 18.9 Å². The van der Waals surface area contributed by atoms with Crippen LogP contribution in [0.5, 0.6) is 5.75 Å². The topological polar surface area (TPSA) is 38.3 Å². The summed E-state index contributed by atoms with van der Waals surface area (Å²) in [5.41, 5.74) is 0.106. The minimum atomic E-state index is -4.92. The van der Waals surface area contributed by atoms with E-state index in [0.29, 0.717) is 16.5 Å². The number of hydrogen-bond acceptors (Lipinski definition) is 2. The van der Waals surface area contributed by atoms with Gasteiger partial charge >= 0.3 is 12.1 Å². The lowest BCUT2D eigenvalue weighted by atomic mass is 10.1. The van der Waals surface area contributed by atoms with Crippen molar-refractivity contribution in [3.05, 3.63) is 36.4 Å². The molecule has 0 spiro atoms. The summed E-state index contributed by atoms with van der Waals surface area (Å²) in [6.45, 7) is 3.89. The monoisotopic (exact) mass is 311 g/mol. The van der Waals surface area contributed by atoms with Gasteiger partial charge in [0.1, 0.15) is 5.75 Å². The van der Waals surface area contributed by atoms with Gasteiger partial charge in [-0.05, 0) is 25.5 Å². The molecule has 0 fully saturated rings. The van der Waals surface area contributed by atoms with Crippen LogP contribution < -0.4 is 10.1 Å². The Hall–Kier alpha value is -2.24. The van der Waals surface area contributed by atoms with E-state index in [9.17, 15) is 18.0 Å². The van der Waals surface area contributed by atoms with E-state index in [4.69, 9.17) is 4.74 Å². The highest BCUT2D eigenvalue weighted by Gasteiger charge is 2.38. The molecule has 0 heterocycles. The molecule has 2 aromatic carbocycles. The standard InChI is InChI=1S/C16H16F3NO2/c1-3-10(2)22-14-9-8-13(20-15(21)16(17,18)19)11-6-4-5-7-12(11)14/h4-10H,3H2,1-2H3,(H,20,21). The van der Waals surface area contributed by atoms with Gasteiger partial charge in [0, 0.05) is 16.5 Å². The van der Waals surface area contributed by atoms with Crippen molar-refractivity contribution >= 4 is 22.4 Å². The van der Waals surface area contributed by atoms with Gasteiger partial charge in [-0.2, -0.15) is 13.2 Å². The molecule has 0 aliphatic heterocycles. The van der Waals surface area contributed by atoms with Crippen molar-refractivity contribution in [1.29, 1.82) is 0 Å². The molecular formula is C16H16F3NO2. The summed E-state index contributed by atoms with van der Waals surface area (Å²) in [6.07, 6.45) is -4.13. The van der Waals surface area contributed by atoms with Crippen LogP contribution in [0.1, 0.15) is 20.3 Å². The molecule has 2 rings (SSSR count). The number of halogens is 3. The van der Waals surface area contributed by atoms with Gasteiger partial charge < -0.3 is 10.1 Å². The molecule has 0 saturated heterocycles. The fourth-order valence-corrected chi connectivity index (χ4v) is 1.98. The Morgan fingerprint density at radius 2 is 1.82 bits per heavy atom. The van der Waals surface area contributed by atoms with Crippen LogP contribution in [0, 0.1) is 0 Å². The fraction of sp³-hybridized carbons (Fsp3) is 0.312. The maximum atomic E-state index is 12.4. The van der Waals surface area contributed by atoms with Crippen LogP contribution in [-0.2, 0) is 4.79 Å². The molecule has 1 atom stereocenters. The van der Waals surface area contributed by atoms with Gasteiger partial charge in [-0.3, -0.25) is 4.79 Å². The van der Waals surface area contributed by atoms with Crippen molar-refractivity contribution in [3.8, 4) is 5.75 Å². The second kappa shape index (κ2) is 6.25. The van der Waals surface area contributed by atoms with Crippen LogP contribution in [0.2, 0.25) is 0 Å². The molecule has 0 aliphatic carbocycles. The highest BCUT2D eigenvalue weighted by Crippen LogP contribution is 2.33. The number of ether oxygens (including phenoxy) is 1. The van der Waals surface area contributed by atoms with Crippen molar-refractivity contribution in [2.45, 2.75) is 32.5 Å². The highest BCUT2D eigenvalue weighted by atomic mass is 19.4. The smallest absolute Gasteiger partial charge is 0.471 e. The lowest BCUT2D eigenvalue weighted by Crippen LogP contribution is -2.30. The Balaban J connectivity index is 2.42. The number of fused-ring (bicyclic) bond motifs is 1. The summed E-state index contributed by atoms with van der Waals surface area (Å²) in [6, 6.07) is 9.84. The van der Waals surface area contributed by atoms with Gasteiger partial charge in [-0.25, -0.2) is 0 Å². The number of rotatable bonds is 4. The molecule has 0 aliphatic rings. The minimum Gasteiger partial charge on any atom is -0.490 e. The number of benzene rings is 2. The van der Waals surface area contributed by atoms with Crippen molar-refractivity contribution in [2.24, 2.45) is 0 Å². The number of carbonyl (C=O) groups excluding carboxylic acids is 1. The predicted molar refractivity (Wildman–Crippen MR) is 79.0 cm³/mol. The zero-order chi connectivity index (χ0) is 16.3. The van der Waals surface area contributed by atoms with E-state index in [1.165, 1.54) is 6.07 Å². The van der Waals surface area contributed by atoms with Crippen LogP contribution in [0.3, 0.4) is 0 Å². The first kappa shape index (κ1) is 16.1. The van der Waals surface area contributed by atoms with E-state index in [0.717, 1.165) is 6.42 Å². The summed E-state index contributed by atoms with van der Waals surface area (Å²) in [5.74, 6) is -1.41. The molecule has 22 heavy (non-hydrogen) atoms. The third-order valence-electron chi connectivity index (χ3n) is 3.29. The van der Waals surface area contributed by atoms with Crippen molar-refractivity contribution in [2.75, 3.05) is 5.32 Å². The van der Waals surface area contributed by atoms with Crippen LogP contribution in [0.25, 0.3) is 10.8 Å². The Bertz CT molecular complexity index is 683. The van der Waals surface area contributed by atoms with Crippen molar-refractivity contribution < 1.29 is 22.7 Å². The lowest BCUT2D eigenvalue weighted by Gasteiger charge is -2.17. The summed E-state index contributed by atoms with van der Waals surface area (Å²) < 4.78 is 43.0. The molecule has 1 N–H and O–H groups in total. The molecule has 3 nitrogen and oxygen atoms in total. The quantitative estimate of drug-likeness (QED) is 0.901. The number of carbonyl (C=O) groups is 1. The number of hydrogen-bond donors (Lipinski definition) is 1. The van der Waals surface area contributed by atoms with Crippen LogP contribution in [-0.4, -0.2) is 18.2 Å². The van der Waals surface area contributed by atoms with E-state index >= 15 is 0 Å². The van der Waals surface area contributed by atoms with E-state index in [1.807, 2.05) is 19.2 Å². The molecule has 0 radical (unpaired) electrons. The van der Waals surface area contributed by atoms with Gasteiger partial charge in [0.2, 0.25) is 0 Å². The summed E-state index contributed by atoms with van der Waals surface area (Å²) in [4.78, 5) is 11.1. The van der Waals surface area contributed by atoms with Crippen LogP contribution >= 0.6 is 0 Å². The van der Waals surface area contributed by atoms with E-state index in [1.54, 1.807) is 30.3 Å². The van der Waals surface area contributed by atoms with Gasteiger partial charge in [0.25, 0.3) is 0 Å². The Morgan fingerprint density at radius 3 is 2.41 bits per heavy atom. The summed E-state index contributed by atoms with van der Waals surface area (Å²) >= 11 is 0. The molecule has 0 saturated carbocycles. The predicted octanol–water partition coefficient (Wildman–Crippen LogP) is 4.52. The van der Waals surface area contributed by atoms with Gasteiger partial charge in [-0.1, -0.05) is 31.2 Å². The van der Waals surface area contributed by atoms with Gasteiger partial charge in [-0.15, -0.1) is 0 Å². The molecule has 118 valence electrons. The average molecular weight is 311 g/mol. The molecule has 1 amide bonds. The number of anilines is 1. The molecule has 6 heteroatoms. The largest absolute Gasteiger partial charge is 0.490 e. The normalized spacial score (nSPS) is 13.0. The summed E-state index contributed by atoms with van der Waals surface area (Å²) in [7, 11) is 0. The van der Waals surface area contributed by atoms with Crippen molar-refractivity contribution in [1.82, 2.24) is 0 Å². The SMILES string of the molecule is CCC(C)Oc1ccc(NC(=O)C(F)(F)F)c2ccccc12. The Labute approximate surface area is 126 Å². The molecule has 0 bridgehead atoms. The molecule has 0 aromatic heterocycles. The van der Waals surface area contributed by atoms with Gasteiger partial charge in [0.05, 0.1) is 6.10 Å². The zero-order valence-electron chi connectivity index (χ0n) is 12.2.